The molecule has 0 aliphatic rings. The molecule has 2 aromatic carbocycles. The smallest absolute Gasteiger partial charge is 0.336 e. The first kappa shape index (κ1) is 19.2. The van der Waals surface area contributed by atoms with Gasteiger partial charge in [-0.15, -0.1) is 0 Å². The largest absolute Gasteiger partial charge is 0.484 e. The highest BCUT2D eigenvalue weighted by Crippen LogP contribution is 2.19. The molecule has 1 heterocycles. The van der Waals surface area contributed by atoms with Crippen LogP contribution in [-0.4, -0.2) is 29.9 Å². The van der Waals surface area contributed by atoms with Crippen LogP contribution in [0.5, 0.6) is 5.75 Å². The summed E-state index contributed by atoms with van der Waals surface area (Å²) in [4.78, 5) is 36.6. The lowest BCUT2D eigenvalue weighted by molar-refractivity contribution is -0.134. The van der Waals surface area contributed by atoms with Gasteiger partial charge in [0.1, 0.15) is 11.3 Å². The van der Waals surface area contributed by atoms with E-state index in [0.29, 0.717) is 17.9 Å². The van der Waals surface area contributed by atoms with Crippen LogP contribution in [-0.2, 0) is 16.1 Å². The van der Waals surface area contributed by atoms with E-state index in [2.05, 4.69) is 0 Å². The Morgan fingerprint density at radius 2 is 1.79 bits per heavy atom. The van der Waals surface area contributed by atoms with Crippen LogP contribution in [0.3, 0.4) is 0 Å². The molecule has 7 heteroatoms. The van der Waals surface area contributed by atoms with Crippen molar-refractivity contribution in [1.82, 2.24) is 4.90 Å². The zero-order chi connectivity index (χ0) is 19.9. The maximum Gasteiger partial charge on any atom is 0.336 e. The molecule has 1 aromatic heterocycles. The SMILES string of the molecule is NC(=O)CCN(Cc1ccccc1)C(=O)COc1ccc2ccc(=O)oc2c1. The van der Waals surface area contributed by atoms with E-state index in [1.54, 1.807) is 24.3 Å². The number of nitrogens with two attached hydrogens (primary N) is 1. The molecule has 28 heavy (non-hydrogen) atoms. The zero-order valence-corrected chi connectivity index (χ0v) is 15.2. The maximum absolute atomic E-state index is 12.6. The number of nitrogens with zero attached hydrogens (tertiary/aromatic N) is 1. The number of rotatable bonds is 8. The minimum absolute atomic E-state index is 0.0692. The number of ether oxygens (including phenoxy) is 1. The van der Waals surface area contributed by atoms with Crippen molar-refractivity contribution in [3.05, 3.63) is 76.6 Å². The summed E-state index contributed by atoms with van der Waals surface area (Å²) >= 11 is 0. The van der Waals surface area contributed by atoms with Gasteiger partial charge in [0, 0.05) is 37.0 Å². The summed E-state index contributed by atoms with van der Waals surface area (Å²) < 4.78 is 10.7. The van der Waals surface area contributed by atoms with Gasteiger partial charge in [-0.1, -0.05) is 30.3 Å². The van der Waals surface area contributed by atoms with Gasteiger partial charge in [0.25, 0.3) is 5.91 Å². The topological polar surface area (TPSA) is 103 Å². The fourth-order valence-corrected chi connectivity index (χ4v) is 2.71. The molecular formula is C21H20N2O5. The Hall–Kier alpha value is -3.61. The van der Waals surface area contributed by atoms with Crippen molar-refractivity contribution >= 4 is 22.8 Å². The van der Waals surface area contributed by atoms with Gasteiger partial charge in [0.05, 0.1) is 0 Å². The van der Waals surface area contributed by atoms with Crippen molar-refractivity contribution in [3.8, 4) is 5.75 Å². The molecule has 0 radical (unpaired) electrons. The first-order valence-electron chi connectivity index (χ1n) is 8.78. The Kier molecular flexibility index (Phi) is 6.06. The summed E-state index contributed by atoms with van der Waals surface area (Å²) in [7, 11) is 0. The lowest BCUT2D eigenvalue weighted by Crippen LogP contribution is -2.36. The molecule has 0 spiro atoms. The quantitative estimate of drug-likeness (QED) is 0.603. The number of carbonyl (C=O) groups is 2. The minimum atomic E-state index is -0.476. The molecule has 0 unspecified atom stereocenters. The highest BCUT2D eigenvalue weighted by molar-refractivity contribution is 5.80. The Labute approximate surface area is 161 Å². The fraction of sp³-hybridized carbons (Fsp3) is 0.190. The first-order chi connectivity index (χ1) is 13.5. The molecule has 3 aromatic rings. The summed E-state index contributed by atoms with van der Waals surface area (Å²) in [6.07, 6.45) is 0.0692. The van der Waals surface area contributed by atoms with Crippen LogP contribution in [0.25, 0.3) is 11.0 Å². The van der Waals surface area contributed by atoms with Crippen LogP contribution in [0.15, 0.2) is 69.9 Å². The van der Waals surface area contributed by atoms with Crippen LogP contribution in [0.2, 0.25) is 0 Å². The molecule has 3 rings (SSSR count). The Morgan fingerprint density at radius 3 is 2.54 bits per heavy atom. The highest BCUT2D eigenvalue weighted by Gasteiger charge is 2.16. The third kappa shape index (κ3) is 5.20. The van der Waals surface area contributed by atoms with E-state index >= 15 is 0 Å². The molecule has 2 amide bonds. The van der Waals surface area contributed by atoms with Crippen LogP contribution in [0.1, 0.15) is 12.0 Å². The van der Waals surface area contributed by atoms with Gasteiger partial charge >= 0.3 is 5.63 Å². The van der Waals surface area contributed by atoms with Gasteiger partial charge in [-0.3, -0.25) is 9.59 Å². The molecule has 0 fully saturated rings. The Morgan fingerprint density at radius 1 is 1.04 bits per heavy atom. The number of primary amides is 1. The second kappa shape index (κ2) is 8.85. The molecule has 7 nitrogen and oxygen atoms in total. The van der Waals surface area contributed by atoms with Crippen molar-refractivity contribution in [3.63, 3.8) is 0 Å². The van der Waals surface area contributed by atoms with Crippen LogP contribution < -0.4 is 16.1 Å². The normalized spacial score (nSPS) is 10.6. The third-order valence-electron chi connectivity index (χ3n) is 4.15. The zero-order valence-electron chi connectivity index (χ0n) is 15.2. The van der Waals surface area contributed by atoms with Gasteiger partial charge < -0.3 is 19.8 Å². The first-order valence-corrected chi connectivity index (χ1v) is 8.78. The molecule has 0 atom stereocenters. The van der Waals surface area contributed by atoms with E-state index in [0.717, 1.165) is 10.9 Å². The van der Waals surface area contributed by atoms with E-state index in [4.69, 9.17) is 14.9 Å². The second-order valence-corrected chi connectivity index (χ2v) is 6.26. The number of amides is 2. The fourth-order valence-electron chi connectivity index (χ4n) is 2.71. The van der Waals surface area contributed by atoms with Gasteiger partial charge in [-0.25, -0.2) is 4.79 Å². The summed E-state index contributed by atoms with van der Waals surface area (Å²) in [6.45, 7) is 0.343. The van der Waals surface area contributed by atoms with E-state index in [-0.39, 0.29) is 25.5 Å². The van der Waals surface area contributed by atoms with Gasteiger partial charge in [-0.2, -0.15) is 0 Å². The number of benzene rings is 2. The van der Waals surface area contributed by atoms with Crippen molar-refractivity contribution in [2.75, 3.05) is 13.2 Å². The summed E-state index contributed by atoms with van der Waals surface area (Å²) in [6, 6.07) is 17.4. The molecule has 0 aliphatic carbocycles. The van der Waals surface area contributed by atoms with E-state index in [9.17, 15) is 14.4 Å². The number of hydrogen-bond donors (Lipinski definition) is 1. The molecule has 0 saturated carbocycles. The van der Waals surface area contributed by atoms with E-state index in [1.165, 1.54) is 11.0 Å². The molecular weight excluding hydrogens is 360 g/mol. The molecule has 0 saturated heterocycles. The molecule has 0 bridgehead atoms. The number of fused-ring (bicyclic) bond motifs is 1. The number of carbonyl (C=O) groups excluding carboxylic acids is 2. The summed E-state index contributed by atoms with van der Waals surface area (Å²) in [5.41, 5.74) is 6.08. The summed E-state index contributed by atoms with van der Waals surface area (Å²) in [5, 5.41) is 0.755. The molecule has 144 valence electrons. The lowest BCUT2D eigenvalue weighted by Gasteiger charge is -2.22. The molecule has 2 N–H and O–H groups in total. The summed E-state index contributed by atoms with van der Waals surface area (Å²) in [5.74, 6) is -0.346. The van der Waals surface area contributed by atoms with Crippen molar-refractivity contribution in [2.45, 2.75) is 13.0 Å². The lowest BCUT2D eigenvalue weighted by atomic mass is 10.2. The third-order valence-corrected chi connectivity index (χ3v) is 4.15. The van der Waals surface area contributed by atoms with E-state index in [1.807, 2.05) is 30.3 Å². The van der Waals surface area contributed by atoms with Gasteiger partial charge in [-0.05, 0) is 23.8 Å². The van der Waals surface area contributed by atoms with Gasteiger partial charge in [0.15, 0.2) is 6.61 Å². The van der Waals surface area contributed by atoms with Crippen molar-refractivity contribution < 1.29 is 18.7 Å². The monoisotopic (exact) mass is 380 g/mol. The van der Waals surface area contributed by atoms with Gasteiger partial charge in [0.2, 0.25) is 5.91 Å². The Balaban J connectivity index is 1.68. The average molecular weight is 380 g/mol. The van der Waals surface area contributed by atoms with Crippen molar-refractivity contribution in [1.29, 1.82) is 0 Å². The minimum Gasteiger partial charge on any atom is -0.484 e. The standard InChI is InChI=1S/C21H20N2O5/c22-19(24)10-11-23(13-15-4-2-1-3-5-15)20(25)14-27-17-8-6-16-7-9-21(26)28-18(16)12-17/h1-9,12H,10-11,13-14H2,(H2,22,24). The maximum atomic E-state index is 12.6. The second-order valence-electron chi connectivity index (χ2n) is 6.26. The van der Waals surface area contributed by atoms with Crippen LogP contribution in [0.4, 0.5) is 0 Å². The van der Waals surface area contributed by atoms with Crippen LogP contribution >= 0.6 is 0 Å². The Bertz CT molecular complexity index is 1030. The average Bonchev–Trinajstić information content (AvgIpc) is 2.69. The predicted molar refractivity (Wildman–Crippen MR) is 104 cm³/mol. The van der Waals surface area contributed by atoms with Crippen molar-refractivity contribution in [2.24, 2.45) is 5.73 Å². The van der Waals surface area contributed by atoms with E-state index < -0.39 is 11.5 Å². The predicted octanol–water partition coefficient (Wildman–Crippen LogP) is 2.08. The molecule has 0 aliphatic heterocycles. The van der Waals surface area contributed by atoms with Crippen LogP contribution in [0, 0.1) is 0 Å². The highest BCUT2D eigenvalue weighted by atomic mass is 16.5. The number of hydrogen-bond acceptors (Lipinski definition) is 5.